The van der Waals surface area contributed by atoms with Gasteiger partial charge in [-0.1, -0.05) is 20.8 Å². The highest BCUT2D eigenvalue weighted by molar-refractivity contribution is 5.85. The Morgan fingerprint density at radius 3 is 2.48 bits per heavy atom. The predicted molar refractivity (Wildman–Crippen MR) is 85.4 cm³/mol. The number of carbonyl (C=O) groups excluding carboxylic acids is 2. The van der Waals surface area contributed by atoms with Gasteiger partial charge in [0.25, 0.3) is 0 Å². The summed E-state index contributed by atoms with van der Waals surface area (Å²) in [5.74, 6) is 0.462. The van der Waals surface area contributed by atoms with Crippen LogP contribution in [-0.4, -0.2) is 38.1 Å². The van der Waals surface area contributed by atoms with Crippen molar-refractivity contribution in [3.05, 3.63) is 0 Å². The Kier molecular flexibility index (Phi) is 9.62. The van der Waals surface area contributed by atoms with Crippen LogP contribution < -0.4 is 10.6 Å². The van der Waals surface area contributed by atoms with E-state index in [9.17, 15) is 9.59 Å². The van der Waals surface area contributed by atoms with E-state index >= 15 is 0 Å². The molecule has 1 amide bonds. The molecule has 1 rings (SSSR count). The van der Waals surface area contributed by atoms with Gasteiger partial charge >= 0.3 is 5.97 Å². The highest BCUT2D eigenvalue weighted by Gasteiger charge is 2.27. The summed E-state index contributed by atoms with van der Waals surface area (Å²) in [4.78, 5) is 23.7. The SMILES string of the molecule is COC(=O)C(NC(=O)CC(C)C1CCCNC1)C(C)C.Cl. The highest BCUT2D eigenvalue weighted by atomic mass is 35.5. The molecular formula is C15H29ClN2O3. The number of hydrogen-bond donors (Lipinski definition) is 2. The molecule has 0 spiro atoms. The molecule has 0 saturated carbocycles. The molecule has 0 aromatic heterocycles. The van der Waals surface area contributed by atoms with E-state index in [2.05, 4.69) is 17.6 Å². The Bertz CT molecular complexity index is 331. The topological polar surface area (TPSA) is 67.4 Å². The fraction of sp³-hybridized carbons (Fsp3) is 0.867. The minimum Gasteiger partial charge on any atom is -0.467 e. The first-order valence-corrected chi connectivity index (χ1v) is 7.53. The first kappa shape index (κ1) is 20.2. The molecule has 0 radical (unpaired) electrons. The van der Waals surface area contributed by atoms with E-state index < -0.39 is 6.04 Å². The normalized spacial score (nSPS) is 21.1. The number of piperidine rings is 1. The summed E-state index contributed by atoms with van der Waals surface area (Å²) in [6, 6.07) is -0.552. The second-order valence-electron chi connectivity index (χ2n) is 6.10. The van der Waals surface area contributed by atoms with E-state index in [1.54, 1.807) is 0 Å². The van der Waals surface area contributed by atoms with Crippen LogP contribution in [0.1, 0.15) is 40.0 Å². The fourth-order valence-corrected chi connectivity index (χ4v) is 2.68. The van der Waals surface area contributed by atoms with Crippen LogP contribution in [0.15, 0.2) is 0 Å². The number of esters is 1. The lowest BCUT2D eigenvalue weighted by Gasteiger charge is -2.28. The average molecular weight is 321 g/mol. The minimum atomic E-state index is -0.552. The van der Waals surface area contributed by atoms with Crippen LogP contribution in [0.4, 0.5) is 0 Å². The van der Waals surface area contributed by atoms with Crippen molar-refractivity contribution in [3.63, 3.8) is 0 Å². The lowest BCUT2D eigenvalue weighted by molar-refractivity contribution is -0.146. The van der Waals surface area contributed by atoms with Crippen molar-refractivity contribution in [2.75, 3.05) is 20.2 Å². The zero-order chi connectivity index (χ0) is 15.1. The van der Waals surface area contributed by atoms with E-state index in [-0.39, 0.29) is 30.2 Å². The smallest absolute Gasteiger partial charge is 0.328 e. The Morgan fingerprint density at radius 2 is 2.00 bits per heavy atom. The lowest BCUT2D eigenvalue weighted by atomic mass is 9.85. The summed E-state index contributed by atoms with van der Waals surface area (Å²) in [5, 5.41) is 6.17. The number of rotatable bonds is 6. The van der Waals surface area contributed by atoms with Crippen molar-refractivity contribution in [1.82, 2.24) is 10.6 Å². The molecule has 3 unspecified atom stereocenters. The summed E-state index contributed by atoms with van der Waals surface area (Å²) in [5.41, 5.74) is 0. The minimum absolute atomic E-state index is 0. The van der Waals surface area contributed by atoms with Crippen LogP contribution in [0.5, 0.6) is 0 Å². The summed E-state index contributed by atoms with van der Waals surface area (Å²) in [7, 11) is 1.35. The summed E-state index contributed by atoms with van der Waals surface area (Å²) >= 11 is 0. The van der Waals surface area contributed by atoms with Gasteiger partial charge in [-0.05, 0) is 43.7 Å². The number of halogens is 1. The Labute approximate surface area is 134 Å². The summed E-state index contributed by atoms with van der Waals surface area (Å²) < 4.78 is 4.73. The maximum atomic E-state index is 12.1. The number of methoxy groups -OCH3 is 1. The van der Waals surface area contributed by atoms with Gasteiger partial charge in [-0.25, -0.2) is 4.79 Å². The number of carbonyl (C=O) groups is 2. The molecule has 0 aromatic rings. The molecule has 21 heavy (non-hydrogen) atoms. The molecule has 0 aromatic carbocycles. The molecule has 6 heteroatoms. The number of nitrogens with one attached hydrogen (secondary N) is 2. The van der Waals surface area contributed by atoms with E-state index in [4.69, 9.17) is 4.74 Å². The monoisotopic (exact) mass is 320 g/mol. The Morgan fingerprint density at radius 1 is 1.33 bits per heavy atom. The largest absolute Gasteiger partial charge is 0.467 e. The fourth-order valence-electron chi connectivity index (χ4n) is 2.68. The zero-order valence-electron chi connectivity index (χ0n) is 13.5. The van der Waals surface area contributed by atoms with Gasteiger partial charge in [0, 0.05) is 6.42 Å². The van der Waals surface area contributed by atoms with Crippen LogP contribution in [0, 0.1) is 17.8 Å². The van der Waals surface area contributed by atoms with Gasteiger partial charge in [0.1, 0.15) is 6.04 Å². The first-order valence-electron chi connectivity index (χ1n) is 7.53. The van der Waals surface area contributed by atoms with Crippen LogP contribution >= 0.6 is 12.4 Å². The second kappa shape index (κ2) is 10.0. The Balaban J connectivity index is 0.00000400. The molecular weight excluding hydrogens is 292 g/mol. The van der Waals surface area contributed by atoms with Gasteiger partial charge in [-0.2, -0.15) is 0 Å². The number of amides is 1. The van der Waals surface area contributed by atoms with Crippen molar-refractivity contribution in [3.8, 4) is 0 Å². The van der Waals surface area contributed by atoms with Gasteiger partial charge in [0.05, 0.1) is 7.11 Å². The van der Waals surface area contributed by atoms with Gasteiger partial charge in [-0.3, -0.25) is 4.79 Å². The number of hydrogen-bond acceptors (Lipinski definition) is 4. The Hall–Kier alpha value is -0.810. The maximum Gasteiger partial charge on any atom is 0.328 e. The number of ether oxygens (including phenoxy) is 1. The van der Waals surface area contributed by atoms with Crippen molar-refractivity contribution >= 4 is 24.3 Å². The van der Waals surface area contributed by atoms with E-state index in [1.807, 2.05) is 13.8 Å². The van der Waals surface area contributed by atoms with Crippen molar-refractivity contribution < 1.29 is 14.3 Å². The molecule has 1 aliphatic heterocycles. The molecule has 0 aliphatic carbocycles. The van der Waals surface area contributed by atoms with E-state index in [0.717, 1.165) is 13.1 Å². The van der Waals surface area contributed by atoms with E-state index in [0.29, 0.717) is 18.3 Å². The highest BCUT2D eigenvalue weighted by Crippen LogP contribution is 2.22. The molecule has 5 nitrogen and oxygen atoms in total. The molecule has 1 heterocycles. The molecule has 2 N–H and O–H groups in total. The van der Waals surface area contributed by atoms with Gasteiger partial charge in [0.2, 0.25) is 5.91 Å². The molecule has 3 atom stereocenters. The van der Waals surface area contributed by atoms with Crippen LogP contribution in [0.2, 0.25) is 0 Å². The van der Waals surface area contributed by atoms with Gasteiger partial charge < -0.3 is 15.4 Å². The van der Waals surface area contributed by atoms with Crippen molar-refractivity contribution in [2.45, 2.75) is 46.1 Å². The molecule has 124 valence electrons. The van der Waals surface area contributed by atoms with Crippen molar-refractivity contribution in [1.29, 1.82) is 0 Å². The van der Waals surface area contributed by atoms with Crippen LogP contribution in [0.25, 0.3) is 0 Å². The zero-order valence-corrected chi connectivity index (χ0v) is 14.3. The third-order valence-corrected chi connectivity index (χ3v) is 4.09. The van der Waals surface area contributed by atoms with Gasteiger partial charge in [0.15, 0.2) is 0 Å². The first-order chi connectivity index (χ1) is 9.45. The average Bonchev–Trinajstić information content (AvgIpc) is 2.44. The third kappa shape index (κ3) is 6.66. The molecule has 0 bridgehead atoms. The van der Waals surface area contributed by atoms with Crippen LogP contribution in [-0.2, 0) is 14.3 Å². The predicted octanol–water partition coefficient (Wildman–Crippen LogP) is 1.75. The molecule has 1 fully saturated rings. The quantitative estimate of drug-likeness (QED) is 0.732. The van der Waals surface area contributed by atoms with E-state index in [1.165, 1.54) is 20.0 Å². The lowest BCUT2D eigenvalue weighted by Crippen LogP contribution is -2.46. The van der Waals surface area contributed by atoms with Crippen LogP contribution in [0.3, 0.4) is 0 Å². The second-order valence-corrected chi connectivity index (χ2v) is 6.10. The van der Waals surface area contributed by atoms with Gasteiger partial charge in [-0.15, -0.1) is 12.4 Å². The molecule has 1 aliphatic rings. The summed E-state index contributed by atoms with van der Waals surface area (Å²) in [6.45, 7) is 7.97. The van der Waals surface area contributed by atoms with Crippen molar-refractivity contribution in [2.24, 2.45) is 17.8 Å². The molecule has 1 saturated heterocycles. The maximum absolute atomic E-state index is 12.1. The standard InChI is InChI=1S/C15H28N2O3.ClH/c1-10(2)14(15(19)20-4)17-13(18)8-11(3)12-6-5-7-16-9-12;/h10-12,14,16H,5-9H2,1-4H3,(H,17,18);1H. The third-order valence-electron chi connectivity index (χ3n) is 4.09. The summed E-state index contributed by atoms with van der Waals surface area (Å²) in [6.07, 6.45) is 2.81.